The van der Waals surface area contributed by atoms with Crippen LogP contribution in [0.5, 0.6) is 0 Å². The molecule has 1 heterocycles. The molecule has 1 fully saturated rings. The Morgan fingerprint density at radius 1 is 0.812 bits per heavy atom. The first-order valence-corrected chi connectivity index (χ1v) is 19.6. The van der Waals surface area contributed by atoms with E-state index in [0.29, 0.717) is 23.2 Å². The van der Waals surface area contributed by atoms with E-state index < -0.39 is 61.6 Å². The summed E-state index contributed by atoms with van der Waals surface area (Å²) in [5.74, 6) is -6.01. The third-order valence-electron chi connectivity index (χ3n) is 9.44. The van der Waals surface area contributed by atoms with Crippen LogP contribution in [-0.4, -0.2) is 71.2 Å². The topological polar surface area (TPSA) is 147 Å². The summed E-state index contributed by atoms with van der Waals surface area (Å²) in [6.07, 6.45) is 0.729. The van der Waals surface area contributed by atoms with Crippen molar-refractivity contribution in [3.05, 3.63) is 119 Å². The number of carboxylic acids is 3. The fourth-order valence-corrected chi connectivity index (χ4v) is 8.84. The molecule has 0 amide bonds. The predicted molar refractivity (Wildman–Crippen MR) is 188 cm³/mol. The average Bonchev–Trinajstić information content (AvgIpc) is 3.05. The molecule has 1 unspecified atom stereocenters. The van der Waals surface area contributed by atoms with E-state index in [2.05, 4.69) is 40.4 Å². The van der Waals surface area contributed by atoms with Crippen LogP contribution in [0.1, 0.15) is 86.3 Å². The zero-order valence-electron chi connectivity index (χ0n) is 27.7. The minimum atomic E-state index is -2.24. The zero-order valence-corrected chi connectivity index (χ0v) is 29.5. The van der Waals surface area contributed by atoms with Gasteiger partial charge in [0, 0.05) is 23.5 Å². The lowest BCUT2D eigenvalue weighted by molar-refractivity contribution is -0.126. The van der Waals surface area contributed by atoms with E-state index in [0.717, 1.165) is 0 Å². The molecular weight excluding hydrogens is 649 g/mol. The molecule has 3 aromatic rings. The maximum atomic E-state index is 12.9. The van der Waals surface area contributed by atoms with E-state index >= 15 is 0 Å². The minimum Gasteiger partial charge on any atom is -0.478 e. The highest BCUT2D eigenvalue weighted by Gasteiger charge is 2.50. The van der Waals surface area contributed by atoms with Crippen LogP contribution >= 0.6 is 11.8 Å². The van der Waals surface area contributed by atoms with Gasteiger partial charge in [-0.05, 0) is 53.0 Å². The maximum Gasteiger partial charge on any atom is 0.335 e. The zero-order chi connectivity index (χ0) is 35.4. The molecule has 4 rings (SSSR count). The summed E-state index contributed by atoms with van der Waals surface area (Å²) in [6.45, 7) is 14.6. The Kier molecular flexibility index (Phi) is 11.5. The number of aldehydes is 1. The van der Waals surface area contributed by atoms with Gasteiger partial charge in [0.15, 0.2) is 8.32 Å². The van der Waals surface area contributed by atoms with E-state index in [1.165, 1.54) is 30.0 Å². The number of carbonyl (C=O) groups excluding carboxylic acids is 1. The van der Waals surface area contributed by atoms with Crippen molar-refractivity contribution < 1.29 is 43.7 Å². The molecule has 9 nitrogen and oxygen atoms in total. The van der Waals surface area contributed by atoms with Crippen LogP contribution in [-0.2, 0) is 14.0 Å². The number of ether oxygens (including phenoxy) is 1. The van der Waals surface area contributed by atoms with Crippen molar-refractivity contribution in [2.45, 2.75) is 74.3 Å². The molecule has 0 spiro atoms. The van der Waals surface area contributed by atoms with Gasteiger partial charge in [-0.3, -0.25) is 0 Å². The first kappa shape index (κ1) is 36.8. The van der Waals surface area contributed by atoms with Crippen molar-refractivity contribution in [1.29, 1.82) is 0 Å². The molecule has 1 aliphatic heterocycles. The molecule has 11 heteroatoms. The van der Waals surface area contributed by atoms with Gasteiger partial charge in [0.2, 0.25) is 0 Å². The summed E-state index contributed by atoms with van der Waals surface area (Å²) in [7, 11) is -2.24. The van der Waals surface area contributed by atoms with Crippen LogP contribution in [0.4, 0.5) is 0 Å². The molecule has 48 heavy (non-hydrogen) atoms. The van der Waals surface area contributed by atoms with Crippen molar-refractivity contribution in [3.8, 4) is 0 Å². The number of hydrogen-bond donors (Lipinski definition) is 3. The van der Waals surface area contributed by atoms with Crippen molar-refractivity contribution in [2.75, 3.05) is 5.75 Å². The fraction of sp³-hybridized carbons (Fsp3) is 0.351. The fourth-order valence-electron chi connectivity index (χ4n) is 6.12. The Bertz CT molecular complexity index is 1680. The highest BCUT2D eigenvalue weighted by molar-refractivity contribution is 7.99. The highest BCUT2D eigenvalue weighted by atomic mass is 32.2. The molecule has 3 aromatic carbocycles. The van der Waals surface area contributed by atoms with Crippen molar-refractivity contribution >= 4 is 44.3 Å². The molecule has 1 saturated heterocycles. The van der Waals surface area contributed by atoms with Gasteiger partial charge in [-0.15, -0.1) is 18.3 Å². The third-order valence-corrected chi connectivity index (χ3v) is 15.2. The smallest absolute Gasteiger partial charge is 0.335 e. The second kappa shape index (κ2) is 15.0. The van der Waals surface area contributed by atoms with Crippen LogP contribution in [0, 0.1) is 0 Å². The summed E-state index contributed by atoms with van der Waals surface area (Å²) in [4.78, 5) is 50.8. The molecule has 0 radical (unpaired) electrons. The van der Waals surface area contributed by atoms with E-state index in [9.17, 15) is 34.5 Å². The van der Waals surface area contributed by atoms with Gasteiger partial charge in [-0.1, -0.05) is 81.4 Å². The molecule has 254 valence electrons. The largest absolute Gasteiger partial charge is 0.478 e. The summed E-state index contributed by atoms with van der Waals surface area (Å²) in [5.41, 5.74) is -0.0124. The van der Waals surface area contributed by atoms with Gasteiger partial charge in [-0.2, -0.15) is 0 Å². The van der Waals surface area contributed by atoms with Crippen LogP contribution in [0.15, 0.2) is 85.5 Å². The van der Waals surface area contributed by atoms with Gasteiger partial charge < -0.3 is 29.3 Å². The van der Waals surface area contributed by atoms with Crippen LogP contribution < -0.4 is 0 Å². The van der Waals surface area contributed by atoms with E-state index in [1.54, 1.807) is 60.7 Å². The van der Waals surface area contributed by atoms with Crippen LogP contribution in [0.2, 0.25) is 18.1 Å². The average molecular weight is 691 g/mol. The minimum absolute atomic E-state index is 0.0119. The quantitative estimate of drug-likeness (QED) is 0.0927. The van der Waals surface area contributed by atoms with Gasteiger partial charge in [0.05, 0.1) is 22.8 Å². The standard InChI is InChI=1S/C37H42O9SSi/c1-7-22(46-48(5,6)37(2,3)4)21-47-36-32(25-16-10-13-19-28(25)35(43)44)31(24-15-9-12-18-27(24)34(41)42)30(29(20-38)45-36)23-14-8-11-17-26(23)33(39)40/h7-20,22,29-32,36H,1,21H2,2-6H3,(H,39,40)(H,41,42)(H,43,44)/t22?,29-,30-,31+,32+,36-/m1/s1. The Morgan fingerprint density at radius 3 is 1.62 bits per heavy atom. The number of hydrogen-bond acceptors (Lipinski definition) is 7. The molecule has 0 aliphatic carbocycles. The Hall–Kier alpha value is -4.03. The molecule has 3 N–H and O–H groups in total. The van der Waals surface area contributed by atoms with Crippen LogP contribution in [0.25, 0.3) is 0 Å². The molecule has 6 atom stereocenters. The van der Waals surface area contributed by atoms with Gasteiger partial charge in [-0.25, -0.2) is 14.4 Å². The predicted octanol–water partition coefficient (Wildman–Crippen LogP) is 7.67. The number of carboxylic acid groups (broad SMARTS) is 3. The Labute approximate surface area is 286 Å². The van der Waals surface area contributed by atoms with Crippen molar-refractivity contribution in [1.82, 2.24) is 0 Å². The van der Waals surface area contributed by atoms with E-state index in [-0.39, 0.29) is 27.3 Å². The normalized spacial score (nSPS) is 22.0. The molecule has 1 aliphatic rings. The van der Waals surface area contributed by atoms with Crippen molar-refractivity contribution in [3.63, 3.8) is 0 Å². The second-order valence-corrected chi connectivity index (χ2v) is 19.2. The Morgan fingerprint density at radius 2 is 1.23 bits per heavy atom. The van der Waals surface area contributed by atoms with Gasteiger partial charge in [0.25, 0.3) is 0 Å². The summed E-state index contributed by atoms with van der Waals surface area (Å²) >= 11 is 1.33. The number of carbonyl (C=O) groups is 4. The molecule has 0 aromatic heterocycles. The SMILES string of the molecule is C=CC(CS[C@H]1O[C@H](C=O)[C@@H](c2ccccc2C(=O)O)[C@H](c2ccccc2C(=O)O)[C@@H]1c1ccccc1C(=O)O)O[Si](C)(C)C(C)(C)C. The van der Waals surface area contributed by atoms with Gasteiger partial charge in [0.1, 0.15) is 17.8 Å². The van der Waals surface area contributed by atoms with E-state index in [4.69, 9.17) is 9.16 Å². The number of thioether (sulfide) groups is 1. The lowest BCUT2D eigenvalue weighted by Gasteiger charge is -2.47. The lowest BCUT2D eigenvalue weighted by Crippen LogP contribution is -2.46. The molecule has 0 bridgehead atoms. The van der Waals surface area contributed by atoms with Crippen molar-refractivity contribution in [2.24, 2.45) is 0 Å². The first-order chi connectivity index (χ1) is 22.6. The Balaban J connectivity index is 1.99. The lowest BCUT2D eigenvalue weighted by atomic mass is 9.66. The summed E-state index contributed by atoms with van der Waals surface area (Å²) in [5, 5.41) is 30.8. The number of rotatable bonds is 13. The number of aromatic carboxylic acids is 3. The monoisotopic (exact) mass is 690 g/mol. The molecular formula is C37H42O9SSi. The maximum absolute atomic E-state index is 12.9. The summed E-state index contributed by atoms with van der Waals surface area (Å²) in [6, 6.07) is 19.0. The second-order valence-electron chi connectivity index (χ2n) is 13.3. The number of benzene rings is 3. The highest BCUT2D eigenvalue weighted by Crippen LogP contribution is 2.56. The van der Waals surface area contributed by atoms with Crippen LogP contribution in [0.3, 0.4) is 0 Å². The molecule has 0 saturated carbocycles. The van der Waals surface area contributed by atoms with E-state index in [1.807, 2.05) is 0 Å². The first-order valence-electron chi connectivity index (χ1n) is 15.6. The van der Waals surface area contributed by atoms with Gasteiger partial charge >= 0.3 is 17.9 Å². The third kappa shape index (κ3) is 7.65. The summed E-state index contributed by atoms with van der Waals surface area (Å²) < 4.78 is 13.2.